The van der Waals surface area contributed by atoms with E-state index in [9.17, 15) is 9.59 Å². The number of hydrogen-bond donors (Lipinski definition) is 1. The summed E-state index contributed by atoms with van der Waals surface area (Å²) in [6.45, 7) is 3.08. The van der Waals surface area contributed by atoms with E-state index in [0.29, 0.717) is 0 Å². The number of rotatable bonds is 4. The molecule has 2 N–H and O–H groups in total. The summed E-state index contributed by atoms with van der Waals surface area (Å²) < 4.78 is 4.78. The highest BCUT2D eigenvalue weighted by Crippen LogP contribution is 2.20. The Morgan fingerprint density at radius 1 is 1.59 bits per heavy atom. The van der Waals surface area contributed by atoms with Crippen molar-refractivity contribution in [3.8, 4) is 0 Å². The molecule has 0 spiro atoms. The Hall–Kier alpha value is -1.69. The zero-order valence-electron chi connectivity index (χ0n) is 9.44. The predicted molar refractivity (Wildman–Crippen MR) is 61.5 cm³/mol. The van der Waals surface area contributed by atoms with Gasteiger partial charge in [0.2, 0.25) is 0 Å². The molecule has 0 bridgehead atoms. The third-order valence-electron chi connectivity index (χ3n) is 1.97. The number of halogens is 1. The first-order chi connectivity index (χ1) is 7.97. The molecule has 1 rings (SSSR count). The first-order valence-corrected chi connectivity index (χ1v) is 5.30. The number of esters is 1. The fourth-order valence-electron chi connectivity index (χ4n) is 1.20. The van der Waals surface area contributed by atoms with Crippen molar-refractivity contribution in [2.45, 2.75) is 19.8 Å². The number of hydrogen-bond acceptors (Lipinski definition) is 6. The van der Waals surface area contributed by atoms with Gasteiger partial charge in [-0.1, -0.05) is 11.6 Å². The van der Waals surface area contributed by atoms with E-state index in [1.54, 1.807) is 6.92 Å². The zero-order chi connectivity index (χ0) is 13.0. The summed E-state index contributed by atoms with van der Waals surface area (Å²) in [6, 6.07) is 0. The molecule has 7 heteroatoms. The molecule has 1 atom stereocenters. The van der Waals surface area contributed by atoms with E-state index >= 15 is 0 Å². The molecule has 0 aliphatic rings. The Bertz CT molecular complexity index is 450. The first-order valence-electron chi connectivity index (χ1n) is 4.92. The van der Waals surface area contributed by atoms with E-state index in [2.05, 4.69) is 9.97 Å². The highest BCUT2D eigenvalue weighted by molar-refractivity contribution is 6.31. The van der Waals surface area contributed by atoms with Crippen LogP contribution in [0.5, 0.6) is 0 Å². The average Bonchev–Trinajstić information content (AvgIpc) is 2.23. The number of anilines is 1. The highest BCUT2D eigenvalue weighted by atomic mass is 35.5. The van der Waals surface area contributed by atoms with Gasteiger partial charge in [0.05, 0.1) is 18.5 Å². The Kier molecular flexibility index (Phi) is 4.39. The van der Waals surface area contributed by atoms with E-state index in [-0.39, 0.29) is 23.3 Å². The van der Waals surface area contributed by atoms with E-state index in [0.717, 1.165) is 0 Å². The molecule has 0 saturated heterocycles. The second-order valence-corrected chi connectivity index (χ2v) is 3.63. The average molecular weight is 258 g/mol. The highest BCUT2D eigenvalue weighted by Gasteiger charge is 2.30. The van der Waals surface area contributed by atoms with Crippen molar-refractivity contribution in [2.75, 3.05) is 12.3 Å². The van der Waals surface area contributed by atoms with E-state index in [1.807, 2.05) is 0 Å². The molecule has 0 amide bonds. The van der Waals surface area contributed by atoms with Gasteiger partial charge in [0.15, 0.2) is 22.7 Å². The van der Waals surface area contributed by atoms with Gasteiger partial charge in [-0.3, -0.25) is 9.59 Å². The molecule has 1 unspecified atom stereocenters. The minimum Gasteiger partial charge on any atom is -0.465 e. The van der Waals surface area contributed by atoms with E-state index in [1.165, 1.54) is 13.1 Å². The van der Waals surface area contributed by atoms with Crippen LogP contribution in [-0.4, -0.2) is 28.3 Å². The second-order valence-electron chi connectivity index (χ2n) is 3.27. The van der Waals surface area contributed by atoms with Gasteiger partial charge < -0.3 is 10.5 Å². The van der Waals surface area contributed by atoms with Crippen molar-refractivity contribution in [1.82, 2.24) is 9.97 Å². The number of nitrogens with two attached hydrogens (primary N) is 1. The van der Waals surface area contributed by atoms with Crippen molar-refractivity contribution in [3.05, 3.63) is 17.2 Å². The summed E-state index contributed by atoms with van der Waals surface area (Å²) in [6.07, 6.45) is 1.25. The van der Waals surface area contributed by atoms with Crippen LogP contribution in [0.2, 0.25) is 5.15 Å². The molecular formula is C10H12ClN3O3. The fraction of sp³-hybridized carbons (Fsp3) is 0.400. The van der Waals surface area contributed by atoms with Crippen LogP contribution in [0.3, 0.4) is 0 Å². The lowest BCUT2D eigenvalue weighted by Gasteiger charge is -2.11. The van der Waals surface area contributed by atoms with Gasteiger partial charge >= 0.3 is 5.97 Å². The number of aromatic nitrogens is 2. The minimum atomic E-state index is -1.16. The number of nitrogen functional groups attached to an aromatic ring is 1. The summed E-state index contributed by atoms with van der Waals surface area (Å²) in [5.74, 6) is -2.27. The number of ether oxygens (including phenoxy) is 1. The molecule has 1 heterocycles. The van der Waals surface area contributed by atoms with Crippen molar-refractivity contribution in [1.29, 1.82) is 0 Å². The van der Waals surface area contributed by atoms with E-state index < -0.39 is 17.7 Å². The lowest BCUT2D eigenvalue weighted by molar-refractivity contribution is -0.147. The lowest BCUT2D eigenvalue weighted by atomic mass is 10.1. The molecule has 0 aromatic carbocycles. The van der Waals surface area contributed by atoms with Gasteiger partial charge in [-0.15, -0.1) is 0 Å². The molecule has 6 nitrogen and oxygen atoms in total. The first kappa shape index (κ1) is 13.4. The molecule has 0 fully saturated rings. The molecular weight excluding hydrogens is 246 g/mol. The Balaban J connectivity index is 3.10. The standard InChI is InChI=1S/C10H12ClN3O3/c1-3-17-10(16)7(5(2)15)9-13-4-6(12)8(11)14-9/h4,7H,3,12H2,1-2H3. The SMILES string of the molecule is CCOC(=O)C(C(C)=O)c1ncc(N)c(Cl)n1. The quantitative estimate of drug-likeness (QED) is 0.490. The molecule has 17 heavy (non-hydrogen) atoms. The molecule has 0 aliphatic heterocycles. The largest absolute Gasteiger partial charge is 0.465 e. The Morgan fingerprint density at radius 2 is 2.24 bits per heavy atom. The Morgan fingerprint density at radius 3 is 2.71 bits per heavy atom. The zero-order valence-corrected chi connectivity index (χ0v) is 10.2. The van der Waals surface area contributed by atoms with Gasteiger partial charge in [0, 0.05) is 0 Å². The van der Waals surface area contributed by atoms with Gasteiger partial charge in [-0.2, -0.15) is 0 Å². The number of Topliss-reactive ketones (excluding diaryl/α,β-unsaturated/α-hetero) is 1. The van der Waals surface area contributed by atoms with Crippen molar-refractivity contribution >= 4 is 29.0 Å². The van der Waals surface area contributed by atoms with Crippen LogP contribution in [-0.2, 0) is 14.3 Å². The number of carbonyl (C=O) groups excluding carboxylic acids is 2. The van der Waals surface area contributed by atoms with E-state index in [4.69, 9.17) is 22.1 Å². The number of ketones is 1. The van der Waals surface area contributed by atoms with Crippen LogP contribution in [0.25, 0.3) is 0 Å². The van der Waals surface area contributed by atoms with Crippen molar-refractivity contribution < 1.29 is 14.3 Å². The summed E-state index contributed by atoms with van der Waals surface area (Å²) in [5.41, 5.74) is 5.62. The lowest BCUT2D eigenvalue weighted by Crippen LogP contribution is -2.24. The van der Waals surface area contributed by atoms with Gasteiger partial charge in [0.25, 0.3) is 0 Å². The molecule has 1 aromatic rings. The maximum Gasteiger partial charge on any atom is 0.324 e. The van der Waals surface area contributed by atoms with Gasteiger partial charge in [-0.25, -0.2) is 9.97 Å². The van der Waals surface area contributed by atoms with Gasteiger partial charge in [-0.05, 0) is 13.8 Å². The van der Waals surface area contributed by atoms with Crippen LogP contribution in [0.1, 0.15) is 25.6 Å². The Labute approximate surface area is 103 Å². The molecule has 0 radical (unpaired) electrons. The second kappa shape index (κ2) is 5.58. The predicted octanol–water partition coefficient (Wildman–Crippen LogP) is 0.948. The number of nitrogens with zero attached hydrogens (tertiary/aromatic N) is 2. The maximum atomic E-state index is 11.6. The number of carbonyl (C=O) groups is 2. The third kappa shape index (κ3) is 3.13. The molecule has 1 aromatic heterocycles. The fourth-order valence-corrected chi connectivity index (χ4v) is 1.34. The molecule has 0 saturated carbocycles. The van der Waals surface area contributed by atoms with Gasteiger partial charge in [0.1, 0.15) is 0 Å². The van der Waals surface area contributed by atoms with Crippen LogP contribution < -0.4 is 5.73 Å². The van der Waals surface area contributed by atoms with Crippen LogP contribution >= 0.6 is 11.6 Å². The normalized spacial score (nSPS) is 11.9. The molecule has 0 aliphatic carbocycles. The smallest absolute Gasteiger partial charge is 0.324 e. The monoisotopic (exact) mass is 257 g/mol. The minimum absolute atomic E-state index is 0.00449. The molecule has 92 valence electrons. The van der Waals surface area contributed by atoms with Crippen LogP contribution in [0.15, 0.2) is 6.20 Å². The summed E-state index contributed by atoms with van der Waals surface area (Å²) in [7, 11) is 0. The maximum absolute atomic E-state index is 11.6. The third-order valence-corrected chi connectivity index (χ3v) is 2.28. The summed E-state index contributed by atoms with van der Waals surface area (Å²) in [5, 5.41) is 0.00514. The van der Waals surface area contributed by atoms with Crippen LogP contribution in [0.4, 0.5) is 5.69 Å². The summed E-state index contributed by atoms with van der Waals surface area (Å²) >= 11 is 5.70. The van der Waals surface area contributed by atoms with Crippen molar-refractivity contribution in [2.24, 2.45) is 0 Å². The van der Waals surface area contributed by atoms with Crippen molar-refractivity contribution in [3.63, 3.8) is 0 Å². The summed E-state index contributed by atoms with van der Waals surface area (Å²) in [4.78, 5) is 30.6. The van der Waals surface area contributed by atoms with Crippen LogP contribution in [0, 0.1) is 0 Å². The topological polar surface area (TPSA) is 95.2 Å².